The quantitative estimate of drug-likeness (QED) is 0.814. The minimum Gasteiger partial charge on any atom is -0.310 e. The van der Waals surface area contributed by atoms with Crippen molar-refractivity contribution in [3.05, 3.63) is 12.7 Å². The number of hydrogen-bond donors (Lipinski definition) is 1. The van der Waals surface area contributed by atoms with Crippen molar-refractivity contribution in [1.29, 1.82) is 0 Å². The summed E-state index contributed by atoms with van der Waals surface area (Å²) in [5, 5.41) is 7.77. The predicted octanol–water partition coefficient (Wildman–Crippen LogP) is 1.44. The predicted molar refractivity (Wildman–Crippen MR) is 59.4 cm³/mol. The molecule has 3 unspecified atom stereocenters. The molecule has 1 aromatic rings. The van der Waals surface area contributed by atoms with E-state index in [9.17, 15) is 0 Å². The van der Waals surface area contributed by atoms with Crippen LogP contribution in [0.1, 0.15) is 33.1 Å². The number of aromatic nitrogens is 3. The summed E-state index contributed by atoms with van der Waals surface area (Å²) in [4.78, 5) is 3.94. The first kappa shape index (κ1) is 10.6. The summed E-state index contributed by atoms with van der Waals surface area (Å²) in [6.07, 6.45) is 7.37. The van der Waals surface area contributed by atoms with Gasteiger partial charge in [0.2, 0.25) is 0 Å². The van der Waals surface area contributed by atoms with E-state index in [-0.39, 0.29) is 0 Å². The molecule has 4 nitrogen and oxygen atoms in total. The number of nitrogens with zero attached hydrogens (tertiary/aromatic N) is 3. The first-order valence-electron chi connectivity index (χ1n) is 5.82. The van der Waals surface area contributed by atoms with Crippen LogP contribution < -0.4 is 5.32 Å². The Balaban J connectivity index is 1.75. The van der Waals surface area contributed by atoms with Crippen LogP contribution >= 0.6 is 0 Å². The lowest BCUT2D eigenvalue weighted by Crippen LogP contribution is -2.37. The molecule has 2 rings (SSSR count). The minimum absolute atomic E-state index is 0.474. The molecule has 1 heterocycles. The third-order valence-electron chi connectivity index (χ3n) is 3.14. The van der Waals surface area contributed by atoms with Crippen LogP contribution in [0, 0.1) is 5.92 Å². The van der Waals surface area contributed by atoms with Crippen LogP contribution in [-0.4, -0.2) is 26.8 Å². The van der Waals surface area contributed by atoms with Gasteiger partial charge in [0.1, 0.15) is 12.7 Å². The van der Waals surface area contributed by atoms with Gasteiger partial charge in [0.05, 0.1) is 6.54 Å². The normalized spacial score (nSPS) is 28.1. The van der Waals surface area contributed by atoms with Gasteiger partial charge in [0.15, 0.2) is 0 Å². The first-order valence-corrected chi connectivity index (χ1v) is 5.82. The molecule has 1 fully saturated rings. The van der Waals surface area contributed by atoms with Gasteiger partial charge in [-0.2, -0.15) is 5.10 Å². The fourth-order valence-electron chi connectivity index (χ4n) is 2.42. The van der Waals surface area contributed by atoms with Gasteiger partial charge in [0.25, 0.3) is 0 Å². The first-order chi connectivity index (χ1) is 7.24. The van der Waals surface area contributed by atoms with E-state index in [0.717, 1.165) is 12.5 Å². The third-order valence-corrected chi connectivity index (χ3v) is 3.14. The molecule has 4 heteroatoms. The molecule has 1 aliphatic rings. The maximum atomic E-state index is 4.11. The van der Waals surface area contributed by atoms with Gasteiger partial charge in [-0.1, -0.05) is 6.92 Å². The standard InChI is InChI=1S/C11H20N4/c1-9-3-4-11(5-9)14-10(2)6-15-8-12-7-13-15/h7-11,14H,3-6H2,1-2H3. The second-order valence-electron chi connectivity index (χ2n) is 4.80. The fraction of sp³-hybridized carbons (Fsp3) is 0.818. The van der Waals surface area contributed by atoms with Crippen molar-refractivity contribution in [3.8, 4) is 0 Å². The maximum absolute atomic E-state index is 4.11. The van der Waals surface area contributed by atoms with Crippen LogP contribution in [0.5, 0.6) is 0 Å². The second kappa shape index (κ2) is 4.75. The molecule has 0 aromatic carbocycles. The van der Waals surface area contributed by atoms with Gasteiger partial charge in [-0.3, -0.25) is 4.68 Å². The average molecular weight is 208 g/mol. The summed E-state index contributed by atoms with van der Waals surface area (Å²) in [7, 11) is 0. The topological polar surface area (TPSA) is 42.7 Å². The average Bonchev–Trinajstić information content (AvgIpc) is 2.77. The Bertz CT molecular complexity index is 283. The highest BCUT2D eigenvalue weighted by Gasteiger charge is 2.22. The van der Waals surface area contributed by atoms with Crippen molar-refractivity contribution < 1.29 is 0 Å². The Hall–Kier alpha value is -0.900. The molecule has 84 valence electrons. The van der Waals surface area contributed by atoms with E-state index in [2.05, 4.69) is 29.2 Å². The molecular formula is C11H20N4. The highest BCUT2D eigenvalue weighted by Crippen LogP contribution is 2.24. The van der Waals surface area contributed by atoms with Crippen molar-refractivity contribution in [2.24, 2.45) is 5.92 Å². The molecule has 0 spiro atoms. The van der Waals surface area contributed by atoms with Gasteiger partial charge in [0, 0.05) is 12.1 Å². The van der Waals surface area contributed by atoms with E-state index >= 15 is 0 Å². The number of rotatable bonds is 4. The highest BCUT2D eigenvalue weighted by atomic mass is 15.3. The van der Waals surface area contributed by atoms with Crippen molar-refractivity contribution in [1.82, 2.24) is 20.1 Å². The van der Waals surface area contributed by atoms with E-state index in [1.807, 2.05) is 4.68 Å². The maximum Gasteiger partial charge on any atom is 0.137 e. The SMILES string of the molecule is CC1CCC(NC(C)Cn2cncn2)C1. The van der Waals surface area contributed by atoms with Crippen molar-refractivity contribution >= 4 is 0 Å². The van der Waals surface area contributed by atoms with E-state index in [4.69, 9.17) is 0 Å². The molecule has 0 aliphatic heterocycles. The van der Waals surface area contributed by atoms with Gasteiger partial charge < -0.3 is 5.32 Å². The van der Waals surface area contributed by atoms with E-state index in [1.165, 1.54) is 19.3 Å². The minimum atomic E-state index is 0.474. The smallest absolute Gasteiger partial charge is 0.137 e. The molecular weight excluding hydrogens is 188 g/mol. The van der Waals surface area contributed by atoms with Crippen LogP contribution in [0.3, 0.4) is 0 Å². The van der Waals surface area contributed by atoms with E-state index in [0.29, 0.717) is 12.1 Å². The molecule has 1 saturated carbocycles. The van der Waals surface area contributed by atoms with Crippen molar-refractivity contribution in [2.75, 3.05) is 0 Å². The number of nitrogens with one attached hydrogen (secondary N) is 1. The van der Waals surface area contributed by atoms with Crippen molar-refractivity contribution in [2.45, 2.75) is 51.7 Å². The van der Waals surface area contributed by atoms with Crippen LogP contribution in [0.2, 0.25) is 0 Å². The Morgan fingerprint density at radius 3 is 3.00 bits per heavy atom. The molecule has 1 aromatic heterocycles. The van der Waals surface area contributed by atoms with Crippen LogP contribution in [0.25, 0.3) is 0 Å². The second-order valence-corrected chi connectivity index (χ2v) is 4.80. The molecule has 0 radical (unpaired) electrons. The highest BCUT2D eigenvalue weighted by molar-refractivity contribution is 4.80. The molecule has 1 aliphatic carbocycles. The zero-order valence-electron chi connectivity index (χ0n) is 9.56. The van der Waals surface area contributed by atoms with Gasteiger partial charge >= 0.3 is 0 Å². The molecule has 15 heavy (non-hydrogen) atoms. The molecule has 3 atom stereocenters. The lowest BCUT2D eigenvalue weighted by atomic mass is 10.1. The van der Waals surface area contributed by atoms with Gasteiger partial charge in [-0.05, 0) is 32.1 Å². The van der Waals surface area contributed by atoms with Gasteiger partial charge in [-0.15, -0.1) is 0 Å². The number of hydrogen-bond acceptors (Lipinski definition) is 3. The monoisotopic (exact) mass is 208 g/mol. The van der Waals surface area contributed by atoms with E-state index in [1.54, 1.807) is 12.7 Å². The summed E-state index contributed by atoms with van der Waals surface area (Å²) in [5.74, 6) is 0.890. The lowest BCUT2D eigenvalue weighted by Gasteiger charge is -2.19. The largest absolute Gasteiger partial charge is 0.310 e. The molecule has 0 saturated heterocycles. The van der Waals surface area contributed by atoms with Gasteiger partial charge in [-0.25, -0.2) is 4.98 Å². The van der Waals surface area contributed by atoms with Crippen molar-refractivity contribution in [3.63, 3.8) is 0 Å². The Morgan fingerprint density at radius 1 is 1.53 bits per heavy atom. The lowest BCUT2D eigenvalue weighted by molar-refractivity contribution is 0.390. The molecule has 1 N–H and O–H groups in total. The Labute approximate surface area is 91.1 Å². The molecule has 0 bridgehead atoms. The molecule has 0 amide bonds. The zero-order chi connectivity index (χ0) is 10.7. The third kappa shape index (κ3) is 3.02. The van der Waals surface area contributed by atoms with E-state index < -0.39 is 0 Å². The van der Waals surface area contributed by atoms with Crippen LogP contribution in [0.15, 0.2) is 12.7 Å². The van der Waals surface area contributed by atoms with Crippen LogP contribution in [-0.2, 0) is 6.54 Å². The zero-order valence-corrected chi connectivity index (χ0v) is 9.56. The summed E-state index contributed by atoms with van der Waals surface area (Å²) >= 11 is 0. The Kier molecular flexibility index (Phi) is 3.36. The van der Waals surface area contributed by atoms with Crippen LogP contribution in [0.4, 0.5) is 0 Å². The fourth-order valence-corrected chi connectivity index (χ4v) is 2.42. The summed E-state index contributed by atoms with van der Waals surface area (Å²) in [6.45, 7) is 5.46. The Morgan fingerprint density at radius 2 is 2.40 bits per heavy atom. The summed E-state index contributed by atoms with van der Waals surface area (Å²) in [6, 6.07) is 1.18. The summed E-state index contributed by atoms with van der Waals surface area (Å²) < 4.78 is 1.88. The summed E-state index contributed by atoms with van der Waals surface area (Å²) in [5.41, 5.74) is 0.